The minimum Gasteiger partial charge on any atom is -0.497 e. The number of carbonyl (C=O) groups is 1. The van der Waals surface area contributed by atoms with Gasteiger partial charge in [0.05, 0.1) is 18.9 Å². The molecule has 0 aliphatic carbocycles. The van der Waals surface area contributed by atoms with Crippen molar-refractivity contribution >= 4 is 5.91 Å². The van der Waals surface area contributed by atoms with Gasteiger partial charge in [0, 0.05) is 44.8 Å². The Morgan fingerprint density at radius 3 is 2.60 bits per heavy atom. The number of methoxy groups -OCH3 is 1. The standard InChI is InChI=1S/C22H21N5O3/c1-26-15-18(12-24-26)21-10-20(25-30-21)22(28)27(14-17-4-3-9-23-11-17)13-16-5-7-19(29-2)8-6-16/h3-12,15H,13-14H2,1-2H3. The molecule has 0 aliphatic rings. The topological polar surface area (TPSA) is 86.3 Å². The Bertz CT molecular complexity index is 1120. The summed E-state index contributed by atoms with van der Waals surface area (Å²) < 4.78 is 12.3. The first-order valence-corrected chi connectivity index (χ1v) is 9.39. The molecule has 3 aromatic heterocycles. The number of rotatable bonds is 7. The number of pyridine rings is 1. The zero-order valence-electron chi connectivity index (χ0n) is 16.7. The van der Waals surface area contributed by atoms with Gasteiger partial charge in [0.2, 0.25) is 0 Å². The van der Waals surface area contributed by atoms with Crippen molar-refractivity contribution in [3.63, 3.8) is 0 Å². The van der Waals surface area contributed by atoms with Crippen LogP contribution in [0.2, 0.25) is 0 Å². The van der Waals surface area contributed by atoms with Gasteiger partial charge in [0.1, 0.15) is 5.75 Å². The molecule has 0 N–H and O–H groups in total. The number of benzene rings is 1. The summed E-state index contributed by atoms with van der Waals surface area (Å²) in [6, 6.07) is 13.0. The lowest BCUT2D eigenvalue weighted by atomic mass is 10.1. The quantitative estimate of drug-likeness (QED) is 0.471. The molecule has 4 rings (SSSR count). The first-order valence-electron chi connectivity index (χ1n) is 9.39. The molecule has 0 unspecified atom stereocenters. The third kappa shape index (κ3) is 4.38. The summed E-state index contributed by atoms with van der Waals surface area (Å²) in [6.45, 7) is 0.806. The number of ether oxygens (including phenoxy) is 1. The summed E-state index contributed by atoms with van der Waals surface area (Å²) in [5, 5.41) is 8.12. The van der Waals surface area contributed by atoms with Crippen molar-refractivity contribution < 1.29 is 14.1 Å². The number of nitrogens with zero attached hydrogens (tertiary/aromatic N) is 5. The number of aryl methyl sites for hydroxylation is 1. The molecule has 0 fully saturated rings. The molecule has 1 aromatic carbocycles. The molecule has 0 atom stereocenters. The lowest BCUT2D eigenvalue weighted by molar-refractivity contribution is 0.0719. The summed E-state index contributed by atoms with van der Waals surface area (Å²) in [7, 11) is 3.44. The van der Waals surface area contributed by atoms with Gasteiger partial charge in [-0.15, -0.1) is 0 Å². The van der Waals surface area contributed by atoms with E-state index in [-0.39, 0.29) is 11.6 Å². The van der Waals surface area contributed by atoms with Gasteiger partial charge in [-0.25, -0.2) is 0 Å². The Labute approximate surface area is 173 Å². The van der Waals surface area contributed by atoms with Crippen LogP contribution in [-0.4, -0.2) is 37.8 Å². The van der Waals surface area contributed by atoms with E-state index in [0.717, 1.165) is 22.4 Å². The van der Waals surface area contributed by atoms with Crippen LogP contribution in [0.3, 0.4) is 0 Å². The van der Waals surface area contributed by atoms with Crippen molar-refractivity contribution in [1.29, 1.82) is 0 Å². The lowest BCUT2D eigenvalue weighted by Crippen LogP contribution is -2.30. The summed E-state index contributed by atoms with van der Waals surface area (Å²) in [5.41, 5.74) is 2.91. The van der Waals surface area contributed by atoms with Crippen molar-refractivity contribution in [2.75, 3.05) is 7.11 Å². The maximum Gasteiger partial charge on any atom is 0.276 e. The molecule has 0 spiro atoms. The second-order valence-electron chi connectivity index (χ2n) is 6.85. The number of hydrogen-bond acceptors (Lipinski definition) is 6. The largest absolute Gasteiger partial charge is 0.497 e. The first-order chi connectivity index (χ1) is 14.6. The zero-order valence-corrected chi connectivity index (χ0v) is 16.7. The normalized spacial score (nSPS) is 10.7. The molecular weight excluding hydrogens is 382 g/mol. The molecule has 8 heteroatoms. The number of carbonyl (C=O) groups excluding carboxylic acids is 1. The van der Waals surface area contributed by atoms with Crippen molar-refractivity contribution in [2.45, 2.75) is 13.1 Å². The molecule has 0 aliphatic heterocycles. The van der Waals surface area contributed by atoms with Crippen molar-refractivity contribution in [2.24, 2.45) is 7.05 Å². The highest BCUT2D eigenvalue weighted by Gasteiger charge is 2.22. The predicted molar refractivity (Wildman–Crippen MR) is 110 cm³/mol. The van der Waals surface area contributed by atoms with Crippen molar-refractivity contribution in [1.82, 2.24) is 24.8 Å². The average Bonchev–Trinajstić information content (AvgIpc) is 3.43. The van der Waals surface area contributed by atoms with E-state index in [9.17, 15) is 4.79 Å². The fourth-order valence-electron chi connectivity index (χ4n) is 3.09. The molecule has 0 bridgehead atoms. The molecule has 152 valence electrons. The second-order valence-corrected chi connectivity index (χ2v) is 6.85. The van der Waals surface area contributed by atoms with Crippen LogP contribution >= 0.6 is 0 Å². The third-order valence-electron chi connectivity index (χ3n) is 4.63. The van der Waals surface area contributed by atoms with Gasteiger partial charge in [0.15, 0.2) is 11.5 Å². The van der Waals surface area contributed by atoms with Gasteiger partial charge in [-0.05, 0) is 29.3 Å². The molecule has 0 radical (unpaired) electrons. The number of amides is 1. The van der Waals surface area contributed by atoms with Gasteiger partial charge in [-0.3, -0.25) is 14.5 Å². The highest BCUT2D eigenvalue weighted by molar-refractivity contribution is 5.93. The Kier molecular flexibility index (Phi) is 5.56. The van der Waals surface area contributed by atoms with Crippen LogP contribution in [0.25, 0.3) is 11.3 Å². The Morgan fingerprint density at radius 2 is 1.93 bits per heavy atom. The van der Waals surface area contributed by atoms with E-state index in [1.807, 2.05) is 43.4 Å². The van der Waals surface area contributed by atoms with E-state index in [1.165, 1.54) is 0 Å². The van der Waals surface area contributed by atoms with Crippen LogP contribution < -0.4 is 4.74 Å². The molecule has 0 saturated carbocycles. The second kappa shape index (κ2) is 8.60. The highest BCUT2D eigenvalue weighted by atomic mass is 16.5. The molecular formula is C22H21N5O3. The Hall–Kier alpha value is -3.94. The van der Waals surface area contributed by atoms with E-state index in [2.05, 4.69) is 15.2 Å². The van der Waals surface area contributed by atoms with E-state index in [0.29, 0.717) is 18.8 Å². The molecule has 30 heavy (non-hydrogen) atoms. The number of aromatic nitrogens is 4. The van der Waals surface area contributed by atoms with E-state index in [1.54, 1.807) is 47.5 Å². The van der Waals surface area contributed by atoms with E-state index < -0.39 is 0 Å². The molecule has 4 aromatic rings. The fourth-order valence-corrected chi connectivity index (χ4v) is 3.09. The van der Waals surface area contributed by atoms with Crippen molar-refractivity contribution in [3.8, 4) is 17.1 Å². The maximum atomic E-state index is 13.3. The lowest BCUT2D eigenvalue weighted by Gasteiger charge is -2.22. The highest BCUT2D eigenvalue weighted by Crippen LogP contribution is 2.22. The van der Waals surface area contributed by atoms with Gasteiger partial charge in [-0.2, -0.15) is 5.10 Å². The number of hydrogen-bond donors (Lipinski definition) is 0. The van der Waals surface area contributed by atoms with Crippen LogP contribution in [0.1, 0.15) is 21.6 Å². The van der Waals surface area contributed by atoms with Crippen LogP contribution in [0.15, 0.2) is 71.8 Å². The first kappa shape index (κ1) is 19.4. The van der Waals surface area contributed by atoms with E-state index >= 15 is 0 Å². The molecule has 0 saturated heterocycles. The zero-order chi connectivity index (χ0) is 20.9. The third-order valence-corrected chi connectivity index (χ3v) is 4.63. The van der Waals surface area contributed by atoms with Gasteiger partial charge < -0.3 is 14.2 Å². The molecule has 3 heterocycles. The minimum absolute atomic E-state index is 0.228. The van der Waals surface area contributed by atoms with Crippen LogP contribution in [0.4, 0.5) is 0 Å². The van der Waals surface area contributed by atoms with Crippen LogP contribution in [0, 0.1) is 0 Å². The minimum atomic E-state index is -0.228. The van der Waals surface area contributed by atoms with Gasteiger partial charge in [-0.1, -0.05) is 23.4 Å². The maximum absolute atomic E-state index is 13.3. The summed E-state index contributed by atoms with van der Waals surface area (Å²) in [4.78, 5) is 19.1. The molecule has 1 amide bonds. The van der Waals surface area contributed by atoms with Crippen LogP contribution in [0.5, 0.6) is 5.75 Å². The smallest absolute Gasteiger partial charge is 0.276 e. The Morgan fingerprint density at radius 1 is 1.13 bits per heavy atom. The fraction of sp³-hybridized carbons (Fsp3) is 0.182. The average molecular weight is 403 g/mol. The van der Waals surface area contributed by atoms with Crippen LogP contribution in [-0.2, 0) is 20.1 Å². The monoisotopic (exact) mass is 403 g/mol. The molecule has 8 nitrogen and oxygen atoms in total. The van der Waals surface area contributed by atoms with Gasteiger partial charge >= 0.3 is 0 Å². The predicted octanol–water partition coefficient (Wildman–Crippen LogP) is 3.32. The van der Waals surface area contributed by atoms with Crippen molar-refractivity contribution in [3.05, 3.63) is 84.1 Å². The SMILES string of the molecule is COc1ccc(CN(Cc2cccnc2)C(=O)c2cc(-c3cnn(C)c3)on2)cc1. The summed E-state index contributed by atoms with van der Waals surface area (Å²) in [6.07, 6.45) is 6.92. The summed E-state index contributed by atoms with van der Waals surface area (Å²) >= 11 is 0. The summed E-state index contributed by atoms with van der Waals surface area (Å²) in [5.74, 6) is 1.03. The van der Waals surface area contributed by atoms with E-state index in [4.69, 9.17) is 9.26 Å². The Balaban J connectivity index is 1.59. The van der Waals surface area contributed by atoms with Gasteiger partial charge in [0.25, 0.3) is 5.91 Å².